The minimum Gasteiger partial charge on any atom is -0.495 e. The van der Waals surface area contributed by atoms with Crippen LogP contribution >= 0.6 is 0 Å². The molecule has 0 N–H and O–H groups in total. The van der Waals surface area contributed by atoms with E-state index in [2.05, 4.69) is 4.98 Å². The van der Waals surface area contributed by atoms with Crippen molar-refractivity contribution in [3.05, 3.63) is 24.5 Å². The molecule has 0 unspecified atom stereocenters. The number of fused-ring (bicyclic) bond motifs is 2. The van der Waals surface area contributed by atoms with E-state index in [4.69, 9.17) is 23.4 Å². The average molecular weight is 329 g/mol. The minimum atomic E-state index is -0.119. The first kappa shape index (κ1) is 15.1. The number of aromatic nitrogens is 1. The van der Waals surface area contributed by atoms with Crippen molar-refractivity contribution >= 4 is 22.0 Å². The fraction of sp³-hybridized carbons (Fsp3) is 0.389. The molecule has 1 atom stereocenters. The lowest BCUT2D eigenvalue weighted by atomic mass is 10.1. The van der Waals surface area contributed by atoms with E-state index in [1.165, 1.54) is 0 Å². The summed E-state index contributed by atoms with van der Waals surface area (Å²) >= 11 is 0. The second-order valence-corrected chi connectivity index (χ2v) is 6.33. The quantitative estimate of drug-likeness (QED) is 0.667. The predicted molar refractivity (Wildman–Crippen MR) is 89.1 cm³/mol. The van der Waals surface area contributed by atoms with E-state index in [0.717, 1.165) is 16.3 Å². The molecule has 0 saturated carbocycles. The van der Waals surface area contributed by atoms with E-state index >= 15 is 0 Å². The van der Waals surface area contributed by atoms with Gasteiger partial charge in [0.15, 0.2) is 11.5 Å². The van der Waals surface area contributed by atoms with Crippen molar-refractivity contribution in [1.29, 1.82) is 0 Å². The molecule has 1 fully saturated rings. The molecule has 126 valence electrons. The van der Waals surface area contributed by atoms with Crippen LogP contribution in [0.4, 0.5) is 0 Å². The number of nitrogens with zero attached hydrogens (tertiary/aromatic N) is 1. The molecular formula is C18H19NO5. The highest BCUT2D eigenvalue weighted by Gasteiger charge is 2.48. The van der Waals surface area contributed by atoms with Gasteiger partial charge in [0.1, 0.15) is 18.5 Å². The van der Waals surface area contributed by atoms with Gasteiger partial charge in [-0.25, -0.2) is 4.98 Å². The SMILES string of the molecule is COc1cc2nc3occc3c(OC)c2cc1OC[C@H]1OC1(C)C. The van der Waals surface area contributed by atoms with Gasteiger partial charge >= 0.3 is 0 Å². The molecule has 1 aliphatic heterocycles. The van der Waals surface area contributed by atoms with Crippen LogP contribution in [0.5, 0.6) is 17.2 Å². The number of pyridine rings is 1. The summed E-state index contributed by atoms with van der Waals surface area (Å²) in [6.45, 7) is 4.56. The first-order valence-electron chi connectivity index (χ1n) is 7.77. The van der Waals surface area contributed by atoms with Gasteiger partial charge in [-0.05, 0) is 26.0 Å². The summed E-state index contributed by atoms with van der Waals surface area (Å²) in [6.07, 6.45) is 1.69. The van der Waals surface area contributed by atoms with E-state index in [1.54, 1.807) is 20.5 Å². The van der Waals surface area contributed by atoms with Crippen molar-refractivity contribution < 1.29 is 23.4 Å². The Labute approximate surface area is 139 Å². The smallest absolute Gasteiger partial charge is 0.230 e. The number of benzene rings is 1. The van der Waals surface area contributed by atoms with Crippen LogP contribution in [-0.2, 0) is 4.74 Å². The van der Waals surface area contributed by atoms with Gasteiger partial charge in [-0.3, -0.25) is 0 Å². The van der Waals surface area contributed by atoms with Gasteiger partial charge in [0.25, 0.3) is 0 Å². The number of rotatable bonds is 5. The van der Waals surface area contributed by atoms with E-state index in [1.807, 2.05) is 32.0 Å². The molecule has 0 bridgehead atoms. The molecule has 6 nitrogen and oxygen atoms in total. The van der Waals surface area contributed by atoms with Gasteiger partial charge in [0, 0.05) is 11.5 Å². The summed E-state index contributed by atoms with van der Waals surface area (Å²) in [5.74, 6) is 1.96. The molecule has 1 aromatic carbocycles. The van der Waals surface area contributed by atoms with Crippen LogP contribution in [0.15, 0.2) is 28.9 Å². The molecule has 3 heterocycles. The molecule has 4 rings (SSSR count). The normalized spacial score (nSPS) is 18.8. The zero-order valence-corrected chi connectivity index (χ0v) is 14.1. The van der Waals surface area contributed by atoms with Crippen LogP contribution in [-0.4, -0.2) is 37.5 Å². The second kappa shape index (κ2) is 5.27. The van der Waals surface area contributed by atoms with Crippen LogP contribution in [0.3, 0.4) is 0 Å². The van der Waals surface area contributed by atoms with E-state index < -0.39 is 0 Å². The number of hydrogen-bond acceptors (Lipinski definition) is 6. The van der Waals surface area contributed by atoms with Crippen LogP contribution in [0.1, 0.15) is 13.8 Å². The standard InChI is InChI=1S/C18H19NO5/c1-18(2)15(24-18)9-23-14-7-11-12(8-13(14)20-3)19-17-10(5-6-22-17)16(11)21-4/h5-8,15H,9H2,1-4H3/t15-/m1/s1. The molecule has 0 amide bonds. The second-order valence-electron chi connectivity index (χ2n) is 6.33. The van der Waals surface area contributed by atoms with E-state index in [9.17, 15) is 0 Å². The summed E-state index contributed by atoms with van der Waals surface area (Å²) in [6, 6.07) is 5.56. The summed E-state index contributed by atoms with van der Waals surface area (Å²) in [5.41, 5.74) is 1.14. The highest BCUT2D eigenvalue weighted by Crippen LogP contribution is 2.41. The number of epoxide rings is 1. The Hall–Kier alpha value is -2.47. The topological polar surface area (TPSA) is 66.3 Å². The third-order valence-electron chi connectivity index (χ3n) is 4.40. The molecule has 3 aromatic rings. The van der Waals surface area contributed by atoms with Gasteiger partial charge in [-0.15, -0.1) is 0 Å². The van der Waals surface area contributed by atoms with Crippen LogP contribution < -0.4 is 14.2 Å². The lowest BCUT2D eigenvalue weighted by Gasteiger charge is -2.13. The van der Waals surface area contributed by atoms with Gasteiger partial charge in [0.2, 0.25) is 5.71 Å². The monoisotopic (exact) mass is 329 g/mol. The Balaban J connectivity index is 1.79. The van der Waals surface area contributed by atoms with Crippen LogP contribution in [0, 0.1) is 0 Å². The summed E-state index contributed by atoms with van der Waals surface area (Å²) < 4.78 is 27.9. The molecule has 6 heteroatoms. The molecule has 24 heavy (non-hydrogen) atoms. The molecule has 0 spiro atoms. The van der Waals surface area contributed by atoms with Crippen LogP contribution in [0.2, 0.25) is 0 Å². The highest BCUT2D eigenvalue weighted by atomic mass is 16.6. The Kier molecular flexibility index (Phi) is 3.31. The first-order valence-corrected chi connectivity index (χ1v) is 7.77. The number of furan rings is 1. The van der Waals surface area contributed by atoms with Crippen molar-refractivity contribution in [2.24, 2.45) is 0 Å². The van der Waals surface area contributed by atoms with Crippen molar-refractivity contribution in [3.63, 3.8) is 0 Å². The lowest BCUT2D eigenvalue weighted by molar-refractivity contribution is 0.246. The van der Waals surface area contributed by atoms with Crippen molar-refractivity contribution in [1.82, 2.24) is 4.98 Å². The summed E-state index contributed by atoms with van der Waals surface area (Å²) in [4.78, 5) is 4.52. The Morgan fingerprint density at radius 2 is 1.92 bits per heavy atom. The fourth-order valence-corrected chi connectivity index (χ4v) is 2.86. The zero-order valence-electron chi connectivity index (χ0n) is 14.1. The largest absolute Gasteiger partial charge is 0.495 e. The number of hydrogen-bond donors (Lipinski definition) is 0. The zero-order chi connectivity index (χ0) is 16.9. The third-order valence-corrected chi connectivity index (χ3v) is 4.40. The fourth-order valence-electron chi connectivity index (χ4n) is 2.86. The molecule has 0 radical (unpaired) electrons. The Morgan fingerprint density at radius 3 is 2.58 bits per heavy atom. The first-order chi connectivity index (χ1) is 11.5. The molecule has 1 saturated heterocycles. The van der Waals surface area contributed by atoms with Gasteiger partial charge < -0.3 is 23.4 Å². The lowest BCUT2D eigenvalue weighted by Crippen LogP contribution is -2.12. The number of methoxy groups -OCH3 is 2. The van der Waals surface area contributed by atoms with E-state index in [0.29, 0.717) is 29.6 Å². The van der Waals surface area contributed by atoms with Crippen molar-refractivity contribution in [3.8, 4) is 17.2 Å². The molecule has 0 aliphatic carbocycles. The van der Waals surface area contributed by atoms with Crippen LogP contribution in [0.25, 0.3) is 22.0 Å². The molecular weight excluding hydrogens is 310 g/mol. The van der Waals surface area contributed by atoms with Crippen molar-refractivity contribution in [2.75, 3.05) is 20.8 Å². The van der Waals surface area contributed by atoms with Gasteiger partial charge in [-0.1, -0.05) is 0 Å². The predicted octanol–water partition coefficient (Wildman–Crippen LogP) is 3.55. The average Bonchev–Trinajstić information content (AvgIpc) is 2.95. The summed E-state index contributed by atoms with van der Waals surface area (Å²) in [7, 11) is 3.24. The summed E-state index contributed by atoms with van der Waals surface area (Å²) in [5, 5.41) is 1.67. The number of ether oxygens (including phenoxy) is 4. The minimum absolute atomic E-state index is 0.0919. The highest BCUT2D eigenvalue weighted by molar-refractivity contribution is 6.00. The Bertz CT molecular complexity index is 915. The van der Waals surface area contributed by atoms with E-state index in [-0.39, 0.29) is 11.7 Å². The third kappa shape index (κ3) is 2.34. The van der Waals surface area contributed by atoms with Gasteiger partial charge in [-0.2, -0.15) is 0 Å². The maximum Gasteiger partial charge on any atom is 0.230 e. The molecule has 2 aromatic heterocycles. The molecule has 1 aliphatic rings. The van der Waals surface area contributed by atoms with Crippen molar-refractivity contribution in [2.45, 2.75) is 25.6 Å². The maximum absolute atomic E-state index is 5.93. The maximum atomic E-state index is 5.93. The van der Waals surface area contributed by atoms with Gasteiger partial charge in [0.05, 0.1) is 37.0 Å². The Morgan fingerprint density at radius 1 is 1.12 bits per heavy atom.